The zero-order valence-electron chi connectivity index (χ0n) is 12.0. The summed E-state index contributed by atoms with van der Waals surface area (Å²) in [4.78, 5) is 0. The number of hydrogen-bond acceptors (Lipinski definition) is 0. The molecule has 1 aliphatic rings. The molecule has 1 nitrogen and oxygen atoms in total. The van der Waals surface area contributed by atoms with Crippen LogP contribution < -0.4 is 17.0 Å². The van der Waals surface area contributed by atoms with E-state index >= 15 is 0 Å². The Morgan fingerprint density at radius 1 is 1.00 bits per heavy atom. The van der Waals surface area contributed by atoms with Crippen molar-refractivity contribution in [2.24, 2.45) is 0 Å². The molecular formula is C15H26BrNSi. The topological polar surface area (TPSA) is 0 Å². The lowest BCUT2D eigenvalue weighted by atomic mass is 10.2. The molecule has 0 atom stereocenters. The standard InChI is InChI=1S/C15H26NSi.BrH/c1-17(2,3)14-16(11-7-8-12-16)13-15-9-5-4-6-10-15;/h4-6,9-10H,7-8,11-14H2,1-3H3;1H/q+1;/p-1. The maximum Gasteiger partial charge on any atom is 0.110 e. The van der Waals surface area contributed by atoms with Crippen molar-refractivity contribution in [3.63, 3.8) is 0 Å². The van der Waals surface area contributed by atoms with Crippen LogP contribution in [0.15, 0.2) is 30.3 Å². The van der Waals surface area contributed by atoms with Crippen LogP contribution in [0, 0.1) is 0 Å². The largest absolute Gasteiger partial charge is 1.00 e. The highest BCUT2D eigenvalue weighted by Crippen LogP contribution is 2.26. The Morgan fingerprint density at radius 2 is 1.56 bits per heavy atom. The van der Waals surface area contributed by atoms with E-state index in [1.165, 1.54) is 48.7 Å². The average Bonchev–Trinajstić information content (AvgIpc) is 2.65. The summed E-state index contributed by atoms with van der Waals surface area (Å²) in [5.74, 6) is 0. The molecule has 0 N–H and O–H groups in total. The fraction of sp³-hybridized carbons (Fsp3) is 0.600. The van der Waals surface area contributed by atoms with E-state index in [0.29, 0.717) is 0 Å². The molecule has 1 aromatic carbocycles. The van der Waals surface area contributed by atoms with Gasteiger partial charge in [-0.1, -0.05) is 50.0 Å². The van der Waals surface area contributed by atoms with E-state index in [1.54, 1.807) is 0 Å². The highest BCUT2D eigenvalue weighted by molar-refractivity contribution is 6.76. The Hall–Kier alpha value is -0.123. The van der Waals surface area contributed by atoms with Crippen LogP contribution >= 0.6 is 0 Å². The molecule has 0 radical (unpaired) electrons. The van der Waals surface area contributed by atoms with Gasteiger partial charge in [-0.2, -0.15) is 0 Å². The third kappa shape index (κ3) is 4.52. The Bertz CT molecular complexity index is 353. The van der Waals surface area contributed by atoms with E-state index in [9.17, 15) is 0 Å². The van der Waals surface area contributed by atoms with E-state index in [-0.39, 0.29) is 17.0 Å². The first-order valence-corrected chi connectivity index (χ1v) is 10.6. The van der Waals surface area contributed by atoms with E-state index in [1.807, 2.05) is 0 Å². The summed E-state index contributed by atoms with van der Waals surface area (Å²) in [6.45, 7) is 11.6. The normalized spacial score (nSPS) is 18.4. The van der Waals surface area contributed by atoms with Gasteiger partial charge >= 0.3 is 0 Å². The Morgan fingerprint density at radius 3 is 2.06 bits per heavy atom. The van der Waals surface area contributed by atoms with E-state index in [2.05, 4.69) is 50.0 Å². The predicted octanol–water partition coefficient (Wildman–Crippen LogP) is 0.679. The highest BCUT2D eigenvalue weighted by atomic mass is 79.9. The lowest BCUT2D eigenvalue weighted by molar-refractivity contribution is -0.920. The summed E-state index contributed by atoms with van der Waals surface area (Å²) in [6.07, 6.45) is 4.30. The maximum atomic E-state index is 2.51. The van der Waals surface area contributed by atoms with Gasteiger partial charge in [0.1, 0.15) is 14.6 Å². The SMILES string of the molecule is C[Si](C)(C)C[N+]1(Cc2ccccc2)CCCC1.[Br-]. The van der Waals surface area contributed by atoms with Crippen molar-refractivity contribution in [2.75, 3.05) is 19.3 Å². The number of nitrogens with zero attached hydrogens (tertiary/aromatic N) is 1. The fourth-order valence-corrected chi connectivity index (χ4v) is 5.80. The number of rotatable bonds is 4. The zero-order valence-corrected chi connectivity index (χ0v) is 14.5. The molecule has 18 heavy (non-hydrogen) atoms. The molecule has 2 rings (SSSR count). The summed E-state index contributed by atoms with van der Waals surface area (Å²) >= 11 is 0. The van der Waals surface area contributed by atoms with Crippen LogP contribution in [0.3, 0.4) is 0 Å². The van der Waals surface area contributed by atoms with Gasteiger partial charge in [0.15, 0.2) is 0 Å². The quantitative estimate of drug-likeness (QED) is 0.563. The summed E-state index contributed by atoms with van der Waals surface area (Å²) in [7, 11) is -0.976. The van der Waals surface area contributed by atoms with Crippen molar-refractivity contribution in [1.29, 1.82) is 0 Å². The molecule has 0 spiro atoms. The van der Waals surface area contributed by atoms with Gasteiger partial charge in [0.05, 0.1) is 19.3 Å². The van der Waals surface area contributed by atoms with Crippen molar-refractivity contribution in [2.45, 2.75) is 39.0 Å². The molecule has 0 amide bonds. The number of likely N-dealkylation sites (tertiary alicyclic amines) is 1. The van der Waals surface area contributed by atoms with Crippen molar-refractivity contribution in [1.82, 2.24) is 0 Å². The average molecular weight is 328 g/mol. The molecule has 102 valence electrons. The second kappa shape index (κ2) is 6.35. The minimum Gasteiger partial charge on any atom is -1.00 e. The summed E-state index contributed by atoms with van der Waals surface area (Å²) in [6, 6.07) is 11.1. The molecule has 0 aliphatic carbocycles. The van der Waals surface area contributed by atoms with Crippen molar-refractivity contribution in [3.8, 4) is 0 Å². The van der Waals surface area contributed by atoms with Crippen LogP contribution in [0.5, 0.6) is 0 Å². The molecular weight excluding hydrogens is 302 g/mol. The molecule has 1 fully saturated rings. The van der Waals surface area contributed by atoms with Gasteiger partial charge in [-0.25, -0.2) is 0 Å². The Kier molecular flexibility index (Phi) is 5.62. The molecule has 0 unspecified atom stereocenters. The Labute approximate surface area is 124 Å². The van der Waals surface area contributed by atoms with Crippen molar-refractivity contribution in [3.05, 3.63) is 35.9 Å². The molecule has 1 aliphatic heterocycles. The van der Waals surface area contributed by atoms with E-state index in [4.69, 9.17) is 0 Å². The minimum absolute atomic E-state index is 0. The molecule has 0 aromatic heterocycles. The monoisotopic (exact) mass is 327 g/mol. The Balaban J connectivity index is 0.00000162. The third-order valence-corrected chi connectivity index (χ3v) is 5.30. The number of quaternary nitrogens is 1. The van der Waals surface area contributed by atoms with Gasteiger partial charge in [-0.3, -0.25) is 0 Å². The van der Waals surface area contributed by atoms with Crippen LogP contribution in [-0.2, 0) is 6.54 Å². The minimum atomic E-state index is -0.976. The highest BCUT2D eigenvalue weighted by Gasteiger charge is 2.36. The maximum absolute atomic E-state index is 2.51. The van der Waals surface area contributed by atoms with Crippen LogP contribution in [0.4, 0.5) is 0 Å². The molecule has 1 heterocycles. The molecule has 3 heteroatoms. The van der Waals surface area contributed by atoms with Gasteiger partial charge in [0.25, 0.3) is 0 Å². The first kappa shape index (κ1) is 15.9. The second-order valence-electron chi connectivity index (χ2n) is 6.86. The van der Waals surface area contributed by atoms with Gasteiger partial charge in [0, 0.05) is 18.4 Å². The van der Waals surface area contributed by atoms with Gasteiger partial charge in [-0.15, -0.1) is 0 Å². The van der Waals surface area contributed by atoms with Crippen LogP contribution in [0.25, 0.3) is 0 Å². The van der Waals surface area contributed by atoms with Crippen molar-refractivity contribution >= 4 is 8.07 Å². The summed E-state index contributed by atoms with van der Waals surface area (Å²) < 4.78 is 1.36. The first-order chi connectivity index (χ1) is 7.99. The van der Waals surface area contributed by atoms with Crippen LogP contribution in [-0.4, -0.2) is 31.8 Å². The number of hydrogen-bond donors (Lipinski definition) is 0. The van der Waals surface area contributed by atoms with Crippen LogP contribution in [0.1, 0.15) is 18.4 Å². The van der Waals surface area contributed by atoms with Crippen LogP contribution in [0.2, 0.25) is 19.6 Å². The third-order valence-electron chi connectivity index (χ3n) is 3.69. The molecule has 0 saturated carbocycles. The second-order valence-corrected chi connectivity index (χ2v) is 12.3. The molecule has 0 bridgehead atoms. The number of halogens is 1. The lowest BCUT2D eigenvalue weighted by Crippen LogP contribution is -3.00. The van der Waals surface area contributed by atoms with Crippen molar-refractivity contribution < 1.29 is 21.5 Å². The predicted molar refractivity (Wildman–Crippen MR) is 77.6 cm³/mol. The molecule has 1 saturated heterocycles. The number of benzene rings is 1. The van der Waals surface area contributed by atoms with Gasteiger partial charge in [0.2, 0.25) is 0 Å². The summed E-state index contributed by atoms with van der Waals surface area (Å²) in [5, 5.41) is 0. The van der Waals surface area contributed by atoms with E-state index < -0.39 is 8.07 Å². The molecule has 1 aromatic rings. The smallest absolute Gasteiger partial charge is 0.110 e. The lowest BCUT2D eigenvalue weighted by Gasteiger charge is -2.39. The fourth-order valence-electron chi connectivity index (χ4n) is 3.36. The summed E-state index contributed by atoms with van der Waals surface area (Å²) in [5.41, 5.74) is 1.52. The van der Waals surface area contributed by atoms with E-state index in [0.717, 1.165) is 0 Å². The first-order valence-electron chi connectivity index (χ1n) is 6.88. The zero-order chi connectivity index (χ0) is 12.4. The van der Waals surface area contributed by atoms with Gasteiger partial charge < -0.3 is 21.5 Å². The van der Waals surface area contributed by atoms with Gasteiger partial charge in [-0.05, 0) is 0 Å².